The topological polar surface area (TPSA) is 56.8 Å². The highest BCUT2D eigenvalue weighted by Crippen LogP contribution is 2.17. The molecule has 0 aliphatic carbocycles. The van der Waals surface area contributed by atoms with Gasteiger partial charge in [-0.15, -0.1) is 0 Å². The van der Waals surface area contributed by atoms with E-state index in [9.17, 15) is 8.78 Å². The van der Waals surface area contributed by atoms with Crippen LogP contribution in [0.25, 0.3) is 6.08 Å². The Balaban J connectivity index is 2.11. The van der Waals surface area contributed by atoms with Crippen molar-refractivity contribution in [2.75, 3.05) is 0 Å². The first-order valence-electron chi connectivity index (χ1n) is 6.31. The molecular formula is C17H10F2N2O. The van der Waals surface area contributed by atoms with Crippen LogP contribution in [0.2, 0.25) is 0 Å². The van der Waals surface area contributed by atoms with Gasteiger partial charge in [-0.3, -0.25) is 0 Å². The summed E-state index contributed by atoms with van der Waals surface area (Å²) in [5.41, 5.74) is 1.46. The van der Waals surface area contributed by atoms with Crippen LogP contribution in [0.4, 0.5) is 8.78 Å². The van der Waals surface area contributed by atoms with Crippen LogP contribution in [-0.4, -0.2) is 0 Å². The number of hydrogen-bond acceptors (Lipinski definition) is 3. The van der Waals surface area contributed by atoms with Crippen LogP contribution in [0.5, 0.6) is 5.75 Å². The van der Waals surface area contributed by atoms with E-state index in [1.165, 1.54) is 12.1 Å². The summed E-state index contributed by atoms with van der Waals surface area (Å²) in [6.07, 6.45) is 1.46. The Morgan fingerprint density at radius 1 is 1.05 bits per heavy atom. The van der Waals surface area contributed by atoms with Crippen LogP contribution in [0.15, 0.2) is 48.0 Å². The lowest BCUT2D eigenvalue weighted by Gasteiger charge is -2.07. The van der Waals surface area contributed by atoms with Gasteiger partial charge >= 0.3 is 0 Å². The maximum atomic E-state index is 13.1. The molecule has 0 amide bonds. The van der Waals surface area contributed by atoms with Crippen molar-refractivity contribution < 1.29 is 13.5 Å². The SMILES string of the molecule is N#CC(C#N)=Cc1cccc(COc2ccc(F)c(F)c2)c1. The lowest BCUT2D eigenvalue weighted by atomic mass is 10.1. The van der Waals surface area contributed by atoms with E-state index in [-0.39, 0.29) is 17.9 Å². The molecule has 0 radical (unpaired) electrons. The van der Waals surface area contributed by atoms with Crippen LogP contribution >= 0.6 is 0 Å². The van der Waals surface area contributed by atoms with E-state index >= 15 is 0 Å². The fourth-order valence-electron chi connectivity index (χ4n) is 1.76. The van der Waals surface area contributed by atoms with Crippen molar-refractivity contribution in [3.05, 3.63) is 70.8 Å². The number of nitrogens with zero attached hydrogens (tertiary/aromatic N) is 2. The first-order chi connectivity index (χ1) is 10.6. The van der Waals surface area contributed by atoms with Gasteiger partial charge in [0, 0.05) is 6.07 Å². The number of hydrogen-bond donors (Lipinski definition) is 0. The third-order valence-corrected chi connectivity index (χ3v) is 2.80. The zero-order chi connectivity index (χ0) is 15.9. The molecule has 108 valence electrons. The third-order valence-electron chi connectivity index (χ3n) is 2.80. The highest BCUT2D eigenvalue weighted by molar-refractivity contribution is 5.62. The average molecular weight is 296 g/mol. The van der Waals surface area contributed by atoms with Crippen molar-refractivity contribution in [2.45, 2.75) is 6.61 Å². The molecule has 0 saturated heterocycles. The molecule has 0 aromatic heterocycles. The van der Waals surface area contributed by atoms with E-state index < -0.39 is 11.6 Å². The van der Waals surface area contributed by atoms with Gasteiger partial charge in [0.25, 0.3) is 0 Å². The first kappa shape index (κ1) is 15.2. The van der Waals surface area contributed by atoms with Gasteiger partial charge in [-0.05, 0) is 35.4 Å². The molecule has 0 saturated carbocycles. The Labute approximate surface area is 126 Å². The zero-order valence-electron chi connectivity index (χ0n) is 11.4. The van der Waals surface area contributed by atoms with Crippen molar-refractivity contribution in [2.24, 2.45) is 0 Å². The third kappa shape index (κ3) is 3.91. The second-order valence-electron chi connectivity index (χ2n) is 4.39. The van der Waals surface area contributed by atoms with Crippen molar-refractivity contribution in [1.82, 2.24) is 0 Å². The first-order valence-corrected chi connectivity index (χ1v) is 6.31. The molecule has 0 fully saturated rings. The molecule has 0 bridgehead atoms. The van der Waals surface area contributed by atoms with Crippen molar-refractivity contribution in [1.29, 1.82) is 10.5 Å². The molecule has 0 atom stereocenters. The molecule has 2 aromatic carbocycles. The van der Waals surface area contributed by atoms with Crippen molar-refractivity contribution in [3.63, 3.8) is 0 Å². The Morgan fingerprint density at radius 2 is 1.82 bits per heavy atom. The lowest BCUT2D eigenvalue weighted by molar-refractivity contribution is 0.303. The molecule has 0 N–H and O–H groups in total. The molecule has 2 aromatic rings. The highest BCUT2D eigenvalue weighted by atomic mass is 19.2. The van der Waals surface area contributed by atoms with Crippen LogP contribution < -0.4 is 4.74 Å². The van der Waals surface area contributed by atoms with Gasteiger partial charge in [-0.1, -0.05) is 18.2 Å². The van der Waals surface area contributed by atoms with Gasteiger partial charge in [0.15, 0.2) is 11.6 Å². The van der Waals surface area contributed by atoms with Gasteiger partial charge in [-0.2, -0.15) is 10.5 Å². The van der Waals surface area contributed by atoms with Gasteiger partial charge in [0.2, 0.25) is 0 Å². The van der Waals surface area contributed by atoms with E-state index in [0.29, 0.717) is 5.56 Å². The Hall–Kier alpha value is -3.18. The minimum Gasteiger partial charge on any atom is -0.489 e. The van der Waals surface area contributed by atoms with E-state index in [0.717, 1.165) is 17.7 Å². The second-order valence-corrected chi connectivity index (χ2v) is 4.39. The molecule has 0 spiro atoms. The van der Waals surface area contributed by atoms with Crippen molar-refractivity contribution in [3.8, 4) is 17.9 Å². The molecule has 0 unspecified atom stereocenters. The minimum atomic E-state index is -0.970. The molecule has 0 heterocycles. The maximum absolute atomic E-state index is 13.1. The Morgan fingerprint density at radius 3 is 2.50 bits per heavy atom. The van der Waals surface area contributed by atoms with Crippen LogP contribution in [0.1, 0.15) is 11.1 Å². The monoisotopic (exact) mass is 296 g/mol. The number of ether oxygens (including phenoxy) is 1. The summed E-state index contributed by atoms with van der Waals surface area (Å²) in [5, 5.41) is 17.5. The summed E-state index contributed by atoms with van der Waals surface area (Å²) in [5.74, 6) is -1.68. The molecule has 5 heteroatoms. The molecule has 3 nitrogen and oxygen atoms in total. The fraction of sp³-hybridized carbons (Fsp3) is 0.0588. The number of nitriles is 2. The van der Waals surface area contributed by atoms with Crippen molar-refractivity contribution >= 4 is 6.08 Å². The molecule has 0 aliphatic heterocycles. The Kier molecular flexibility index (Phi) is 4.85. The average Bonchev–Trinajstić information content (AvgIpc) is 2.54. The standard InChI is InChI=1S/C17H10F2N2O/c18-16-5-4-15(8-17(16)19)22-11-13-3-1-2-12(6-13)7-14(9-20)10-21/h1-8H,11H2. The normalized spacial score (nSPS) is 9.45. The molecule has 2 rings (SSSR count). The van der Waals surface area contributed by atoms with Gasteiger partial charge in [-0.25, -0.2) is 8.78 Å². The summed E-state index contributed by atoms with van der Waals surface area (Å²) in [7, 11) is 0. The van der Waals surface area contributed by atoms with E-state index in [1.807, 2.05) is 0 Å². The van der Waals surface area contributed by atoms with Gasteiger partial charge < -0.3 is 4.74 Å². The minimum absolute atomic E-state index is 0.00123. The summed E-state index contributed by atoms with van der Waals surface area (Å²) in [6.45, 7) is 0.154. The summed E-state index contributed by atoms with van der Waals surface area (Å²) >= 11 is 0. The maximum Gasteiger partial charge on any atom is 0.162 e. The van der Waals surface area contributed by atoms with E-state index in [4.69, 9.17) is 15.3 Å². The number of benzene rings is 2. The smallest absolute Gasteiger partial charge is 0.162 e. The summed E-state index contributed by atoms with van der Waals surface area (Å²) in [6, 6.07) is 13.9. The summed E-state index contributed by atoms with van der Waals surface area (Å²) < 4.78 is 31.3. The fourth-order valence-corrected chi connectivity index (χ4v) is 1.76. The van der Waals surface area contributed by atoms with E-state index in [1.54, 1.807) is 36.4 Å². The Bertz CT molecular complexity index is 785. The molecule has 0 aliphatic rings. The summed E-state index contributed by atoms with van der Waals surface area (Å²) in [4.78, 5) is 0. The lowest BCUT2D eigenvalue weighted by Crippen LogP contribution is -1.97. The zero-order valence-corrected chi connectivity index (χ0v) is 11.4. The van der Waals surface area contributed by atoms with E-state index in [2.05, 4.69) is 0 Å². The quantitative estimate of drug-likeness (QED) is 0.802. The number of allylic oxidation sites excluding steroid dienone is 1. The van der Waals surface area contributed by atoms with Crippen LogP contribution in [0, 0.1) is 34.3 Å². The van der Waals surface area contributed by atoms with Crippen LogP contribution in [0.3, 0.4) is 0 Å². The highest BCUT2D eigenvalue weighted by Gasteiger charge is 2.04. The predicted octanol–water partition coefficient (Wildman–Crippen LogP) is 3.97. The van der Waals surface area contributed by atoms with Gasteiger partial charge in [0.05, 0.1) is 0 Å². The number of rotatable bonds is 4. The number of halogens is 2. The predicted molar refractivity (Wildman–Crippen MR) is 76.3 cm³/mol. The molecular weight excluding hydrogens is 286 g/mol. The second kappa shape index (κ2) is 7.01. The molecule has 22 heavy (non-hydrogen) atoms. The van der Waals surface area contributed by atoms with Gasteiger partial charge in [0.1, 0.15) is 30.1 Å². The largest absolute Gasteiger partial charge is 0.489 e. The van der Waals surface area contributed by atoms with Crippen LogP contribution in [-0.2, 0) is 6.61 Å².